The Hall–Kier alpha value is -0.520. The second-order valence-corrected chi connectivity index (χ2v) is 7.56. The predicted molar refractivity (Wildman–Crippen MR) is 95.1 cm³/mol. The van der Waals surface area contributed by atoms with E-state index in [2.05, 4.69) is 65.2 Å². The molecule has 0 radical (unpaired) electrons. The first kappa shape index (κ1) is 14.4. The lowest BCUT2D eigenvalue weighted by atomic mass is 10.1. The maximum Gasteiger partial charge on any atom is 0.0634 e. The summed E-state index contributed by atoms with van der Waals surface area (Å²) in [5.74, 6) is 0. The van der Waals surface area contributed by atoms with Gasteiger partial charge in [-0.1, -0.05) is 22.0 Å². The van der Waals surface area contributed by atoms with E-state index in [0.717, 1.165) is 37.6 Å². The van der Waals surface area contributed by atoms with Gasteiger partial charge in [0.15, 0.2) is 0 Å². The first-order chi connectivity index (χ1) is 9.54. The first-order valence-corrected chi connectivity index (χ1v) is 8.72. The van der Waals surface area contributed by atoms with Crippen LogP contribution in [0.1, 0.15) is 23.6 Å². The van der Waals surface area contributed by atoms with E-state index < -0.39 is 0 Å². The standard InChI is InChI=1S/C15H13Br3N2/c16-9-6-12(17)15(13(18)7-9)20-14-4-1-8-5-10(19)2-3-11(8)14/h2-3,5-7,14,20H,1,4,19H2. The second-order valence-electron chi connectivity index (χ2n) is 4.94. The molecule has 0 aliphatic heterocycles. The summed E-state index contributed by atoms with van der Waals surface area (Å²) in [5.41, 5.74) is 10.5. The molecule has 0 saturated heterocycles. The van der Waals surface area contributed by atoms with Gasteiger partial charge < -0.3 is 11.1 Å². The summed E-state index contributed by atoms with van der Waals surface area (Å²) in [6.45, 7) is 0. The fourth-order valence-electron chi connectivity index (χ4n) is 2.64. The van der Waals surface area contributed by atoms with Gasteiger partial charge >= 0.3 is 0 Å². The van der Waals surface area contributed by atoms with Crippen LogP contribution in [0.2, 0.25) is 0 Å². The van der Waals surface area contributed by atoms with Gasteiger partial charge in [-0.05, 0) is 80.1 Å². The highest BCUT2D eigenvalue weighted by atomic mass is 79.9. The Morgan fingerprint density at radius 2 is 1.75 bits per heavy atom. The molecule has 2 nitrogen and oxygen atoms in total. The van der Waals surface area contributed by atoms with E-state index in [1.165, 1.54) is 11.1 Å². The van der Waals surface area contributed by atoms with Gasteiger partial charge in [0, 0.05) is 19.1 Å². The smallest absolute Gasteiger partial charge is 0.0634 e. The molecule has 3 N–H and O–H groups in total. The molecule has 0 aromatic heterocycles. The lowest BCUT2D eigenvalue weighted by molar-refractivity contribution is 0.761. The van der Waals surface area contributed by atoms with E-state index >= 15 is 0 Å². The number of hydrogen-bond acceptors (Lipinski definition) is 2. The van der Waals surface area contributed by atoms with Gasteiger partial charge in [0.05, 0.1) is 11.7 Å². The van der Waals surface area contributed by atoms with Crippen LogP contribution in [-0.4, -0.2) is 0 Å². The number of halogens is 3. The zero-order valence-electron chi connectivity index (χ0n) is 10.6. The highest BCUT2D eigenvalue weighted by molar-refractivity contribution is 9.11. The van der Waals surface area contributed by atoms with Crippen LogP contribution >= 0.6 is 47.8 Å². The molecule has 5 heteroatoms. The fourth-order valence-corrected chi connectivity index (χ4v) is 5.13. The van der Waals surface area contributed by atoms with E-state index in [9.17, 15) is 0 Å². The summed E-state index contributed by atoms with van der Waals surface area (Å²) in [5, 5.41) is 3.62. The molecule has 2 aromatic carbocycles. The van der Waals surface area contributed by atoms with Crippen molar-refractivity contribution in [3.05, 3.63) is 54.9 Å². The van der Waals surface area contributed by atoms with Crippen LogP contribution in [0.25, 0.3) is 0 Å². The maximum absolute atomic E-state index is 5.85. The summed E-state index contributed by atoms with van der Waals surface area (Å²) in [6.07, 6.45) is 2.16. The minimum absolute atomic E-state index is 0.333. The highest BCUT2D eigenvalue weighted by Gasteiger charge is 2.23. The van der Waals surface area contributed by atoms with Crippen LogP contribution in [0.4, 0.5) is 11.4 Å². The topological polar surface area (TPSA) is 38.0 Å². The van der Waals surface area contributed by atoms with Crippen molar-refractivity contribution >= 4 is 59.2 Å². The molecule has 1 aliphatic rings. The summed E-state index contributed by atoms with van der Waals surface area (Å²) in [4.78, 5) is 0. The molecule has 0 saturated carbocycles. The maximum atomic E-state index is 5.85. The minimum atomic E-state index is 0.333. The van der Waals surface area contributed by atoms with Gasteiger partial charge in [0.1, 0.15) is 0 Å². The Bertz CT molecular complexity index is 647. The van der Waals surface area contributed by atoms with Crippen molar-refractivity contribution < 1.29 is 0 Å². The number of benzene rings is 2. The third kappa shape index (κ3) is 2.76. The zero-order valence-corrected chi connectivity index (χ0v) is 15.3. The molecule has 104 valence electrons. The summed E-state index contributed by atoms with van der Waals surface area (Å²) >= 11 is 10.7. The Morgan fingerprint density at radius 1 is 1.05 bits per heavy atom. The molecule has 1 aliphatic carbocycles. The lowest BCUT2D eigenvalue weighted by Crippen LogP contribution is -2.08. The molecule has 2 aromatic rings. The number of nitrogens with one attached hydrogen (secondary N) is 1. The SMILES string of the molecule is Nc1ccc2c(c1)CCC2Nc1c(Br)cc(Br)cc1Br. The van der Waals surface area contributed by atoms with Crippen molar-refractivity contribution in [1.82, 2.24) is 0 Å². The van der Waals surface area contributed by atoms with Gasteiger partial charge in [-0.2, -0.15) is 0 Å². The fraction of sp³-hybridized carbons (Fsp3) is 0.200. The van der Waals surface area contributed by atoms with Gasteiger partial charge in [0.25, 0.3) is 0 Å². The van der Waals surface area contributed by atoms with Gasteiger partial charge in [-0.15, -0.1) is 0 Å². The molecule has 0 amide bonds. The molecule has 0 heterocycles. The van der Waals surface area contributed by atoms with Crippen molar-refractivity contribution in [1.29, 1.82) is 0 Å². The monoisotopic (exact) mass is 458 g/mol. The number of aryl methyl sites for hydroxylation is 1. The minimum Gasteiger partial charge on any atom is -0.399 e. The summed E-state index contributed by atoms with van der Waals surface area (Å²) < 4.78 is 3.13. The molecule has 20 heavy (non-hydrogen) atoms. The average molecular weight is 461 g/mol. The second kappa shape index (κ2) is 5.70. The summed E-state index contributed by atoms with van der Waals surface area (Å²) in [6, 6.07) is 10.6. The Morgan fingerprint density at radius 3 is 2.45 bits per heavy atom. The molecule has 3 rings (SSSR count). The Balaban J connectivity index is 1.91. The highest BCUT2D eigenvalue weighted by Crippen LogP contribution is 2.40. The first-order valence-electron chi connectivity index (χ1n) is 6.34. The van der Waals surface area contributed by atoms with Gasteiger partial charge in [-0.25, -0.2) is 0 Å². The predicted octanol–water partition coefficient (Wildman–Crippen LogP) is 5.66. The van der Waals surface area contributed by atoms with Crippen LogP contribution in [0.3, 0.4) is 0 Å². The van der Waals surface area contributed by atoms with Crippen molar-refractivity contribution in [3.63, 3.8) is 0 Å². The molecule has 0 spiro atoms. The van der Waals surface area contributed by atoms with Crippen LogP contribution in [0, 0.1) is 0 Å². The zero-order chi connectivity index (χ0) is 14.3. The average Bonchev–Trinajstić information content (AvgIpc) is 2.76. The quantitative estimate of drug-likeness (QED) is 0.568. The lowest BCUT2D eigenvalue weighted by Gasteiger charge is -2.18. The van der Waals surface area contributed by atoms with E-state index in [-0.39, 0.29) is 0 Å². The molecule has 1 unspecified atom stereocenters. The van der Waals surface area contributed by atoms with E-state index in [4.69, 9.17) is 5.73 Å². The van der Waals surface area contributed by atoms with Crippen LogP contribution in [-0.2, 0) is 6.42 Å². The number of nitrogens with two attached hydrogens (primary N) is 1. The van der Waals surface area contributed by atoms with Crippen molar-refractivity contribution in [3.8, 4) is 0 Å². The van der Waals surface area contributed by atoms with Crippen molar-refractivity contribution in [2.45, 2.75) is 18.9 Å². The third-order valence-corrected chi connectivity index (χ3v) is 5.28. The number of rotatable bonds is 2. The third-order valence-electron chi connectivity index (χ3n) is 3.57. The van der Waals surface area contributed by atoms with E-state index in [1.807, 2.05) is 18.2 Å². The summed E-state index contributed by atoms with van der Waals surface area (Å²) in [7, 11) is 0. The number of nitrogen functional groups attached to an aromatic ring is 1. The van der Waals surface area contributed by atoms with E-state index in [0.29, 0.717) is 6.04 Å². The van der Waals surface area contributed by atoms with Crippen molar-refractivity contribution in [2.75, 3.05) is 11.1 Å². The Labute approximate surface area is 143 Å². The van der Waals surface area contributed by atoms with Gasteiger partial charge in [-0.3, -0.25) is 0 Å². The van der Waals surface area contributed by atoms with Crippen LogP contribution in [0.5, 0.6) is 0 Å². The number of anilines is 2. The molecular weight excluding hydrogens is 448 g/mol. The largest absolute Gasteiger partial charge is 0.399 e. The van der Waals surface area contributed by atoms with Crippen LogP contribution < -0.4 is 11.1 Å². The number of hydrogen-bond donors (Lipinski definition) is 2. The van der Waals surface area contributed by atoms with Crippen LogP contribution in [0.15, 0.2) is 43.7 Å². The van der Waals surface area contributed by atoms with Gasteiger partial charge in [0.2, 0.25) is 0 Å². The molecular formula is C15H13Br3N2. The Kier molecular flexibility index (Phi) is 4.11. The number of fused-ring (bicyclic) bond motifs is 1. The molecule has 1 atom stereocenters. The normalized spacial score (nSPS) is 17.1. The van der Waals surface area contributed by atoms with Crippen molar-refractivity contribution in [2.24, 2.45) is 0 Å². The molecule has 0 bridgehead atoms. The molecule has 0 fully saturated rings. The van der Waals surface area contributed by atoms with E-state index in [1.54, 1.807) is 0 Å².